The van der Waals surface area contributed by atoms with Crippen molar-refractivity contribution in [2.45, 2.75) is 47.0 Å². The van der Waals surface area contributed by atoms with Gasteiger partial charge in [-0.3, -0.25) is 0 Å². The fraction of sp³-hybridized carbons (Fsp3) is 1.00. The Labute approximate surface area is 89.7 Å². The van der Waals surface area contributed by atoms with Gasteiger partial charge in [-0.05, 0) is 43.1 Å². The molecule has 0 aliphatic heterocycles. The number of rotatable bonds is 3. The second-order valence-electron chi connectivity index (χ2n) is 5.98. The molecule has 0 heterocycles. The average Bonchev–Trinajstić information content (AvgIpc) is 2.09. The predicted octanol–water partition coefficient (Wildman–Crippen LogP) is 3.30. The highest BCUT2D eigenvalue weighted by Gasteiger charge is 2.34. The van der Waals surface area contributed by atoms with Crippen LogP contribution in [0.2, 0.25) is 0 Å². The minimum absolute atomic E-state index is 0.475. The van der Waals surface area contributed by atoms with Crippen molar-refractivity contribution in [1.29, 1.82) is 0 Å². The molecule has 14 heavy (non-hydrogen) atoms. The Hall–Kier alpha value is -0.0400. The fourth-order valence-corrected chi connectivity index (χ4v) is 2.86. The average molecular weight is 197 g/mol. The van der Waals surface area contributed by atoms with E-state index in [9.17, 15) is 0 Å². The van der Waals surface area contributed by atoms with Gasteiger partial charge in [0.1, 0.15) is 0 Å². The molecule has 3 unspecified atom stereocenters. The van der Waals surface area contributed by atoms with Crippen LogP contribution < -0.4 is 5.32 Å². The SMILES string of the molecule is CNCC(C)(C)C1CCC(C)C(C)C1. The van der Waals surface area contributed by atoms with Crippen LogP contribution in [0, 0.1) is 23.2 Å². The molecule has 1 fully saturated rings. The Kier molecular flexibility index (Phi) is 4.00. The monoisotopic (exact) mass is 197 g/mol. The zero-order valence-corrected chi connectivity index (χ0v) is 10.6. The maximum absolute atomic E-state index is 3.33. The van der Waals surface area contributed by atoms with Gasteiger partial charge in [-0.25, -0.2) is 0 Å². The largest absolute Gasteiger partial charge is 0.319 e. The van der Waals surface area contributed by atoms with E-state index < -0.39 is 0 Å². The standard InChI is InChI=1S/C13H27N/c1-10-6-7-12(8-11(10)2)13(3,4)9-14-5/h10-12,14H,6-9H2,1-5H3. The molecule has 1 N–H and O–H groups in total. The van der Waals surface area contributed by atoms with Crippen LogP contribution in [0.15, 0.2) is 0 Å². The van der Waals surface area contributed by atoms with E-state index in [1.54, 1.807) is 0 Å². The van der Waals surface area contributed by atoms with E-state index >= 15 is 0 Å². The van der Waals surface area contributed by atoms with Crippen molar-refractivity contribution in [2.75, 3.05) is 13.6 Å². The second kappa shape index (κ2) is 4.65. The summed E-state index contributed by atoms with van der Waals surface area (Å²) in [6.45, 7) is 10.8. The third-order valence-electron chi connectivity index (χ3n) is 4.34. The van der Waals surface area contributed by atoms with Crippen LogP contribution in [-0.4, -0.2) is 13.6 Å². The third kappa shape index (κ3) is 2.73. The van der Waals surface area contributed by atoms with Crippen LogP contribution in [0.3, 0.4) is 0 Å². The van der Waals surface area contributed by atoms with Crippen molar-refractivity contribution in [3.63, 3.8) is 0 Å². The Morgan fingerprint density at radius 3 is 2.29 bits per heavy atom. The number of hydrogen-bond donors (Lipinski definition) is 1. The fourth-order valence-electron chi connectivity index (χ4n) is 2.86. The lowest BCUT2D eigenvalue weighted by molar-refractivity contribution is 0.101. The molecule has 1 aliphatic carbocycles. The first-order valence-corrected chi connectivity index (χ1v) is 6.12. The zero-order chi connectivity index (χ0) is 10.8. The Morgan fingerprint density at radius 2 is 1.79 bits per heavy atom. The Balaban J connectivity index is 2.53. The summed E-state index contributed by atoms with van der Waals surface area (Å²) in [7, 11) is 2.07. The van der Waals surface area contributed by atoms with Crippen LogP contribution in [0.1, 0.15) is 47.0 Å². The van der Waals surface area contributed by atoms with Crippen molar-refractivity contribution in [3.05, 3.63) is 0 Å². The molecule has 3 atom stereocenters. The molecule has 1 heteroatoms. The Morgan fingerprint density at radius 1 is 1.14 bits per heavy atom. The molecule has 0 saturated heterocycles. The highest BCUT2D eigenvalue weighted by Crippen LogP contribution is 2.42. The van der Waals surface area contributed by atoms with Gasteiger partial charge in [0.2, 0.25) is 0 Å². The molecular weight excluding hydrogens is 170 g/mol. The van der Waals surface area contributed by atoms with Gasteiger partial charge < -0.3 is 5.32 Å². The van der Waals surface area contributed by atoms with Gasteiger partial charge in [-0.15, -0.1) is 0 Å². The normalized spacial score (nSPS) is 34.5. The molecule has 0 bridgehead atoms. The highest BCUT2D eigenvalue weighted by atomic mass is 14.8. The van der Waals surface area contributed by atoms with E-state index in [1.807, 2.05) is 0 Å². The molecule has 0 radical (unpaired) electrons. The molecule has 0 aromatic rings. The minimum Gasteiger partial charge on any atom is -0.319 e. The summed E-state index contributed by atoms with van der Waals surface area (Å²) >= 11 is 0. The van der Waals surface area contributed by atoms with Crippen molar-refractivity contribution < 1.29 is 0 Å². The third-order valence-corrected chi connectivity index (χ3v) is 4.34. The topological polar surface area (TPSA) is 12.0 Å². The first-order chi connectivity index (χ1) is 6.47. The summed E-state index contributed by atoms with van der Waals surface area (Å²) in [6, 6.07) is 0. The zero-order valence-electron chi connectivity index (χ0n) is 10.6. The molecule has 1 rings (SSSR count). The molecule has 0 aromatic heterocycles. The van der Waals surface area contributed by atoms with Crippen molar-refractivity contribution in [1.82, 2.24) is 5.32 Å². The lowest BCUT2D eigenvalue weighted by Gasteiger charge is -2.41. The lowest BCUT2D eigenvalue weighted by atomic mass is 9.65. The van der Waals surface area contributed by atoms with Gasteiger partial charge in [-0.2, -0.15) is 0 Å². The van der Waals surface area contributed by atoms with E-state index in [2.05, 4.69) is 40.1 Å². The van der Waals surface area contributed by atoms with Gasteiger partial charge in [-0.1, -0.05) is 34.1 Å². The first-order valence-electron chi connectivity index (χ1n) is 6.12. The maximum Gasteiger partial charge on any atom is 0.000217 e. The molecule has 1 nitrogen and oxygen atoms in total. The van der Waals surface area contributed by atoms with Crippen LogP contribution >= 0.6 is 0 Å². The number of nitrogens with one attached hydrogen (secondary N) is 1. The highest BCUT2D eigenvalue weighted by molar-refractivity contribution is 4.86. The van der Waals surface area contributed by atoms with Crippen LogP contribution in [0.25, 0.3) is 0 Å². The predicted molar refractivity (Wildman–Crippen MR) is 63.4 cm³/mol. The quantitative estimate of drug-likeness (QED) is 0.732. The van der Waals surface area contributed by atoms with Crippen LogP contribution in [0.5, 0.6) is 0 Å². The smallest absolute Gasteiger partial charge is 0.000217 e. The molecule has 0 spiro atoms. The van der Waals surface area contributed by atoms with Crippen molar-refractivity contribution >= 4 is 0 Å². The summed E-state index contributed by atoms with van der Waals surface area (Å²) in [5.41, 5.74) is 0.475. The van der Waals surface area contributed by atoms with Gasteiger partial charge in [0, 0.05) is 6.54 Å². The second-order valence-corrected chi connectivity index (χ2v) is 5.98. The maximum atomic E-state index is 3.33. The molecule has 84 valence electrons. The van der Waals surface area contributed by atoms with E-state index in [4.69, 9.17) is 0 Å². The van der Waals surface area contributed by atoms with Crippen molar-refractivity contribution in [2.24, 2.45) is 23.2 Å². The molecular formula is C13H27N. The molecule has 0 amide bonds. The van der Waals surface area contributed by atoms with Gasteiger partial charge in [0.15, 0.2) is 0 Å². The van der Waals surface area contributed by atoms with Gasteiger partial charge >= 0.3 is 0 Å². The van der Waals surface area contributed by atoms with Gasteiger partial charge in [0.25, 0.3) is 0 Å². The van der Waals surface area contributed by atoms with E-state index in [0.717, 1.165) is 24.3 Å². The molecule has 0 aromatic carbocycles. The summed E-state index contributed by atoms with van der Waals surface area (Å²) in [4.78, 5) is 0. The first kappa shape index (κ1) is 12.0. The van der Waals surface area contributed by atoms with Crippen LogP contribution in [-0.2, 0) is 0 Å². The van der Waals surface area contributed by atoms with Crippen LogP contribution in [0.4, 0.5) is 0 Å². The van der Waals surface area contributed by atoms with E-state index in [1.165, 1.54) is 19.3 Å². The number of hydrogen-bond acceptors (Lipinski definition) is 1. The minimum atomic E-state index is 0.475. The summed E-state index contributed by atoms with van der Waals surface area (Å²) in [5, 5.41) is 3.33. The summed E-state index contributed by atoms with van der Waals surface area (Å²) < 4.78 is 0. The molecule has 1 aliphatic rings. The van der Waals surface area contributed by atoms with E-state index in [-0.39, 0.29) is 0 Å². The summed E-state index contributed by atoms with van der Waals surface area (Å²) in [6.07, 6.45) is 4.29. The van der Waals surface area contributed by atoms with E-state index in [0.29, 0.717) is 5.41 Å². The summed E-state index contributed by atoms with van der Waals surface area (Å²) in [5.74, 6) is 2.78. The Bertz CT molecular complexity index is 174. The molecule has 1 saturated carbocycles. The van der Waals surface area contributed by atoms with Crippen molar-refractivity contribution in [3.8, 4) is 0 Å². The van der Waals surface area contributed by atoms with Gasteiger partial charge in [0.05, 0.1) is 0 Å². The lowest BCUT2D eigenvalue weighted by Crippen LogP contribution is -2.38.